The molecule has 3 rings (SSSR count). The summed E-state index contributed by atoms with van der Waals surface area (Å²) in [4.78, 5) is 14.1. The van der Waals surface area contributed by atoms with Gasteiger partial charge in [-0.25, -0.2) is 0 Å². The lowest BCUT2D eigenvalue weighted by atomic mass is 10.1. The van der Waals surface area contributed by atoms with Gasteiger partial charge < -0.3 is 19.1 Å². The van der Waals surface area contributed by atoms with Gasteiger partial charge in [-0.1, -0.05) is 24.3 Å². The van der Waals surface area contributed by atoms with Crippen LogP contribution in [0.25, 0.3) is 16.8 Å². The molecule has 0 bridgehead atoms. The molecule has 0 radical (unpaired) electrons. The van der Waals surface area contributed by atoms with Crippen molar-refractivity contribution >= 4 is 22.8 Å². The molecule has 0 spiro atoms. The van der Waals surface area contributed by atoms with Crippen molar-refractivity contribution in [2.24, 2.45) is 0 Å². The van der Waals surface area contributed by atoms with Gasteiger partial charge in [0.1, 0.15) is 5.75 Å². The van der Waals surface area contributed by atoms with Gasteiger partial charge in [0.2, 0.25) is 5.91 Å². The van der Waals surface area contributed by atoms with E-state index in [0.717, 1.165) is 22.1 Å². The van der Waals surface area contributed by atoms with Gasteiger partial charge in [-0.05, 0) is 58.3 Å². The zero-order chi connectivity index (χ0) is 22.4. The molecule has 0 saturated heterocycles. The number of benzene rings is 3. The number of alkyl halides is 2. The number of halogens is 2. The molecular weight excluding hydrogens is 404 g/mol. The maximum atomic E-state index is 12.5. The standard InChI is InChI=1S/C24H23F2NO4/c1-27(15-17-4-7-19-14-20(29-2)9-8-18(19)12-17)23(28)11-6-16-5-10-21(31-24(25)26)22(13-16)30-3/h4-14,24H,15H2,1-3H3/b11-6+. The van der Waals surface area contributed by atoms with Gasteiger partial charge in [-0.3, -0.25) is 4.79 Å². The highest BCUT2D eigenvalue weighted by Crippen LogP contribution is 2.30. The van der Waals surface area contributed by atoms with Crippen molar-refractivity contribution in [2.45, 2.75) is 13.2 Å². The number of methoxy groups -OCH3 is 2. The predicted octanol–water partition coefficient (Wildman–Crippen LogP) is 5.13. The number of amides is 1. The minimum atomic E-state index is -2.94. The van der Waals surface area contributed by atoms with Gasteiger partial charge in [0.05, 0.1) is 14.2 Å². The molecule has 5 nitrogen and oxygen atoms in total. The van der Waals surface area contributed by atoms with Crippen LogP contribution >= 0.6 is 0 Å². The first-order valence-electron chi connectivity index (χ1n) is 9.52. The van der Waals surface area contributed by atoms with Crippen LogP contribution in [0.3, 0.4) is 0 Å². The summed E-state index contributed by atoms with van der Waals surface area (Å²) < 4.78 is 39.6. The smallest absolute Gasteiger partial charge is 0.387 e. The fourth-order valence-electron chi connectivity index (χ4n) is 3.13. The molecule has 0 heterocycles. The summed E-state index contributed by atoms with van der Waals surface area (Å²) in [5.41, 5.74) is 1.62. The van der Waals surface area contributed by atoms with E-state index in [-0.39, 0.29) is 17.4 Å². The maximum Gasteiger partial charge on any atom is 0.387 e. The molecule has 0 atom stereocenters. The van der Waals surface area contributed by atoms with Crippen molar-refractivity contribution in [3.05, 3.63) is 71.8 Å². The summed E-state index contributed by atoms with van der Waals surface area (Å²) in [7, 11) is 4.70. The molecule has 0 aliphatic carbocycles. The summed E-state index contributed by atoms with van der Waals surface area (Å²) in [6, 6.07) is 16.3. The van der Waals surface area contributed by atoms with E-state index in [2.05, 4.69) is 4.74 Å². The van der Waals surface area contributed by atoms with E-state index in [1.165, 1.54) is 25.3 Å². The molecule has 7 heteroatoms. The van der Waals surface area contributed by atoms with Crippen molar-refractivity contribution in [1.29, 1.82) is 0 Å². The van der Waals surface area contributed by atoms with E-state index in [4.69, 9.17) is 9.47 Å². The third-order valence-corrected chi connectivity index (χ3v) is 4.73. The van der Waals surface area contributed by atoms with Crippen molar-refractivity contribution in [3.63, 3.8) is 0 Å². The fraction of sp³-hybridized carbons (Fsp3) is 0.208. The summed E-state index contributed by atoms with van der Waals surface area (Å²) in [6.45, 7) is -2.50. The predicted molar refractivity (Wildman–Crippen MR) is 116 cm³/mol. The Morgan fingerprint density at radius 1 is 0.968 bits per heavy atom. The SMILES string of the molecule is COc1ccc2cc(CN(C)C(=O)/C=C/c3ccc(OC(F)F)c(OC)c3)ccc2c1. The Morgan fingerprint density at radius 2 is 1.71 bits per heavy atom. The van der Waals surface area contributed by atoms with E-state index in [1.807, 2.05) is 36.4 Å². The number of rotatable bonds is 8. The summed E-state index contributed by atoms with van der Waals surface area (Å²) in [5, 5.41) is 2.12. The molecule has 3 aromatic carbocycles. The molecular formula is C24H23F2NO4. The van der Waals surface area contributed by atoms with E-state index in [0.29, 0.717) is 12.1 Å². The number of hydrogen-bond acceptors (Lipinski definition) is 4. The molecule has 3 aromatic rings. The molecule has 0 N–H and O–H groups in total. The Labute approximate surface area is 179 Å². The van der Waals surface area contributed by atoms with Gasteiger partial charge in [-0.15, -0.1) is 0 Å². The second-order valence-electron chi connectivity index (χ2n) is 6.86. The molecule has 0 unspecified atom stereocenters. The zero-order valence-electron chi connectivity index (χ0n) is 17.5. The first kappa shape index (κ1) is 22.1. The molecule has 0 aliphatic rings. The van der Waals surface area contributed by atoms with E-state index >= 15 is 0 Å². The van der Waals surface area contributed by atoms with E-state index in [9.17, 15) is 13.6 Å². The molecule has 0 aliphatic heterocycles. The topological polar surface area (TPSA) is 48.0 Å². The summed E-state index contributed by atoms with van der Waals surface area (Å²) >= 11 is 0. The average Bonchev–Trinajstić information content (AvgIpc) is 2.77. The van der Waals surface area contributed by atoms with Crippen LogP contribution in [0, 0.1) is 0 Å². The van der Waals surface area contributed by atoms with Crippen molar-refractivity contribution < 1.29 is 27.8 Å². The lowest BCUT2D eigenvalue weighted by Crippen LogP contribution is -2.24. The van der Waals surface area contributed by atoms with Crippen LogP contribution in [0.15, 0.2) is 60.7 Å². The Hall–Kier alpha value is -3.61. The van der Waals surface area contributed by atoms with Gasteiger partial charge in [-0.2, -0.15) is 8.78 Å². The second kappa shape index (κ2) is 9.93. The van der Waals surface area contributed by atoms with E-state index in [1.54, 1.807) is 31.2 Å². The van der Waals surface area contributed by atoms with Crippen LogP contribution in [-0.2, 0) is 11.3 Å². The fourth-order valence-corrected chi connectivity index (χ4v) is 3.13. The Kier molecular flexibility index (Phi) is 7.07. The molecule has 162 valence electrons. The normalized spacial score (nSPS) is 11.2. The molecule has 0 fully saturated rings. The highest BCUT2D eigenvalue weighted by molar-refractivity contribution is 5.92. The van der Waals surface area contributed by atoms with Gasteiger partial charge in [0.15, 0.2) is 11.5 Å². The first-order valence-corrected chi connectivity index (χ1v) is 9.52. The summed E-state index contributed by atoms with van der Waals surface area (Å²) in [6.07, 6.45) is 3.02. The highest BCUT2D eigenvalue weighted by atomic mass is 19.3. The third-order valence-electron chi connectivity index (χ3n) is 4.73. The lowest BCUT2D eigenvalue weighted by molar-refractivity contribution is -0.125. The second-order valence-corrected chi connectivity index (χ2v) is 6.86. The Balaban J connectivity index is 1.67. The molecule has 1 amide bonds. The van der Waals surface area contributed by atoms with Crippen molar-refractivity contribution in [1.82, 2.24) is 4.90 Å². The van der Waals surface area contributed by atoms with Crippen LogP contribution in [0.4, 0.5) is 8.78 Å². The van der Waals surface area contributed by atoms with Crippen molar-refractivity contribution in [3.8, 4) is 17.2 Å². The van der Waals surface area contributed by atoms with Gasteiger partial charge in [0, 0.05) is 19.7 Å². The van der Waals surface area contributed by atoms with Crippen molar-refractivity contribution in [2.75, 3.05) is 21.3 Å². The number of carbonyl (C=O) groups excluding carboxylic acids is 1. The molecule has 0 saturated carbocycles. The average molecular weight is 427 g/mol. The monoisotopic (exact) mass is 427 g/mol. The van der Waals surface area contributed by atoms with Crippen LogP contribution < -0.4 is 14.2 Å². The number of ether oxygens (including phenoxy) is 3. The number of nitrogens with zero attached hydrogens (tertiary/aromatic N) is 1. The van der Waals surface area contributed by atoms with Crippen LogP contribution in [-0.4, -0.2) is 38.7 Å². The first-order chi connectivity index (χ1) is 14.9. The minimum Gasteiger partial charge on any atom is -0.497 e. The number of fused-ring (bicyclic) bond motifs is 1. The number of carbonyl (C=O) groups is 1. The largest absolute Gasteiger partial charge is 0.497 e. The quantitative estimate of drug-likeness (QED) is 0.468. The molecule has 0 aromatic heterocycles. The highest BCUT2D eigenvalue weighted by Gasteiger charge is 2.11. The zero-order valence-corrected chi connectivity index (χ0v) is 17.5. The summed E-state index contributed by atoms with van der Waals surface area (Å²) in [5.74, 6) is 0.702. The van der Waals surface area contributed by atoms with Crippen LogP contribution in [0.5, 0.6) is 17.2 Å². The number of likely N-dealkylation sites (N-methyl/N-ethyl adjacent to an activating group) is 1. The Bertz CT molecular complexity index is 1100. The van der Waals surface area contributed by atoms with Gasteiger partial charge >= 0.3 is 6.61 Å². The van der Waals surface area contributed by atoms with Gasteiger partial charge in [0.25, 0.3) is 0 Å². The minimum absolute atomic E-state index is 0.0629. The van der Waals surface area contributed by atoms with E-state index < -0.39 is 6.61 Å². The molecule has 31 heavy (non-hydrogen) atoms. The lowest BCUT2D eigenvalue weighted by Gasteiger charge is -2.16. The Morgan fingerprint density at radius 3 is 2.42 bits per heavy atom. The van der Waals surface area contributed by atoms with Crippen LogP contribution in [0.1, 0.15) is 11.1 Å². The third kappa shape index (κ3) is 5.72. The van der Waals surface area contributed by atoms with Crippen LogP contribution in [0.2, 0.25) is 0 Å². The number of hydrogen-bond donors (Lipinski definition) is 0. The maximum absolute atomic E-state index is 12.5.